The Hall–Kier alpha value is -1.87. The summed E-state index contributed by atoms with van der Waals surface area (Å²) in [5, 5.41) is 3.28. The number of nitrogens with one attached hydrogen (secondary N) is 1. The third-order valence-corrected chi connectivity index (χ3v) is 3.05. The van der Waals surface area contributed by atoms with Gasteiger partial charge in [-0.3, -0.25) is 0 Å². The first kappa shape index (κ1) is 13.6. The van der Waals surface area contributed by atoms with Crippen LogP contribution in [0.25, 0.3) is 0 Å². The van der Waals surface area contributed by atoms with Crippen molar-refractivity contribution in [1.82, 2.24) is 0 Å². The van der Waals surface area contributed by atoms with Crippen LogP contribution in [0.4, 0.5) is 10.1 Å². The van der Waals surface area contributed by atoms with Crippen molar-refractivity contribution < 1.29 is 4.39 Å². The Morgan fingerprint density at radius 2 is 1.79 bits per heavy atom. The highest BCUT2D eigenvalue weighted by atomic mass is 19.1. The normalized spacial score (nSPS) is 12.2. The summed E-state index contributed by atoms with van der Waals surface area (Å²) in [4.78, 5) is 0. The lowest BCUT2D eigenvalue weighted by atomic mass is 10.0. The van der Waals surface area contributed by atoms with Crippen molar-refractivity contribution in [2.24, 2.45) is 5.73 Å². The van der Waals surface area contributed by atoms with Gasteiger partial charge < -0.3 is 11.1 Å². The molecule has 0 bridgehead atoms. The molecule has 0 aromatic heterocycles. The molecule has 0 saturated heterocycles. The van der Waals surface area contributed by atoms with E-state index in [0.29, 0.717) is 6.54 Å². The summed E-state index contributed by atoms with van der Waals surface area (Å²) in [6.45, 7) is 4.58. The molecular formula is C16H19FN2. The molecule has 2 rings (SSSR count). The van der Waals surface area contributed by atoms with E-state index in [4.69, 9.17) is 5.73 Å². The van der Waals surface area contributed by atoms with Gasteiger partial charge in [0.25, 0.3) is 0 Å². The summed E-state index contributed by atoms with van der Waals surface area (Å²) in [5.41, 5.74) is 10.1. The predicted molar refractivity (Wildman–Crippen MR) is 77.7 cm³/mol. The number of hydrogen-bond donors (Lipinski definition) is 2. The standard InChI is InChI=1S/C16H19FN2/c1-11-6-12(2)8-13(7-11)16(10-18)19-15-5-3-4-14(17)9-15/h3-9,16,19H,10,18H2,1-2H3. The number of rotatable bonds is 4. The molecule has 0 saturated carbocycles. The van der Waals surface area contributed by atoms with Crippen molar-refractivity contribution in [1.29, 1.82) is 0 Å². The van der Waals surface area contributed by atoms with Crippen molar-refractivity contribution in [3.05, 3.63) is 65.0 Å². The van der Waals surface area contributed by atoms with Gasteiger partial charge in [-0.05, 0) is 37.6 Å². The second kappa shape index (κ2) is 5.85. The molecule has 19 heavy (non-hydrogen) atoms. The molecule has 0 aliphatic rings. The van der Waals surface area contributed by atoms with Crippen LogP contribution in [0.5, 0.6) is 0 Å². The Morgan fingerprint density at radius 1 is 1.11 bits per heavy atom. The zero-order chi connectivity index (χ0) is 13.8. The van der Waals surface area contributed by atoms with Gasteiger partial charge in [0.1, 0.15) is 5.82 Å². The average molecular weight is 258 g/mol. The molecule has 3 heteroatoms. The largest absolute Gasteiger partial charge is 0.377 e. The molecule has 2 nitrogen and oxygen atoms in total. The summed E-state index contributed by atoms with van der Waals surface area (Å²) in [7, 11) is 0. The van der Waals surface area contributed by atoms with E-state index in [2.05, 4.69) is 37.4 Å². The maximum atomic E-state index is 13.2. The van der Waals surface area contributed by atoms with Crippen LogP contribution >= 0.6 is 0 Å². The molecule has 0 radical (unpaired) electrons. The summed E-state index contributed by atoms with van der Waals surface area (Å²) in [5.74, 6) is -0.249. The summed E-state index contributed by atoms with van der Waals surface area (Å²) >= 11 is 0. The topological polar surface area (TPSA) is 38.0 Å². The first-order valence-corrected chi connectivity index (χ1v) is 6.39. The lowest BCUT2D eigenvalue weighted by Crippen LogP contribution is -2.20. The SMILES string of the molecule is Cc1cc(C)cc(C(CN)Nc2cccc(F)c2)c1. The van der Waals surface area contributed by atoms with E-state index >= 15 is 0 Å². The minimum absolute atomic E-state index is 0.0135. The van der Waals surface area contributed by atoms with Gasteiger partial charge in [0.15, 0.2) is 0 Å². The number of halogens is 1. The molecule has 0 aliphatic carbocycles. The minimum atomic E-state index is -0.249. The van der Waals surface area contributed by atoms with Crippen molar-refractivity contribution in [3.63, 3.8) is 0 Å². The van der Waals surface area contributed by atoms with Crippen molar-refractivity contribution in [3.8, 4) is 0 Å². The van der Waals surface area contributed by atoms with Crippen molar-refractivity contribution >= 4 is 5.69 Å². The van der Waals surface area contributed by atoms with E-state index in [0.717, 1.165) is 11.3 Å². The highest BCUT2D eigenvalue weighted by molar-refractivity contribution is 5.46. The summed E-state index contributed by atoms with van der Waals surface area (Å²) in [6, 6.07) is 12.8. The monoisotopic (exact) mass is 258 g/mol. The molecule has 3 N–H and O–H groups in total. The van der Waals surface area contributed by atoms with Crippen LogP contribution < -0.4 is 11.1 Å². The third kappa shape index (κ3) is 3.55. The van der Waals surface area contributed by atoms with Gasteiger partial charge in [-0.1, -0.05) is 35.4 Å². The second-order valence-corrected chi connectivity index (χ2v) is 4.86. The Balaban J connectivity index is 2.24. The van der Waals surface area contributed by atoms with Crippen LogP contribution in [-0.2, 0) is 0 Å². The average Bonchev–Trinajstić information content (AvgIpc) is 2.34. The van der Waals surface area contributed by atoms with Crippen LogP contribution in [0.2, 0.25) is 0 Å². The molecule has 0 heterocycles. The van der Waals surface area contributed by atoms with Gasteiger partial charge in [-0.2, -0.15) is 0 Å². The molecule has 2 aromatic rings. The fraction of sp³-hybridized carbons (Fsp3) is 0.250. The molecule has 0 fully saturated rings. The number of hydrogen-bond acceptors (Lipinski definition) is 2. The number of benzene rings is 2. The Kier molecular flexibility index (Phi) is 4.17. The second-order valence-electron chi connectivity index (χ2n) is 4.86. The molecule has 0 spiro atoms. The fourth-order valence-corrected chi connectivity index (χ4v) is 2.27. The number of aryl methyl sites for hydroxylation is 2. The Bertz CT molecular complexity index is 546. The van der Waals surface area contributed by atoms with Crippen LogP contribution in [0.1, 0.15) is 22.7 Å². The smallest absolute Gasteiger partial charge is 0.125 e. The quantitative estimate of drug-likeness (QED) is 0.880. The number of anilines is 1. The maximum Gasteiger partial charge on any atom is 0.125 e. The van der Waals surface area contributed by atoms with Crippen LogP contribution in [0.15, 0.2) is 42.5 Å². The van der Waals surface area contributed by atoms with Gasteiger partial charge in [0.2, 0.25) is 0 Å². The molecule has 0 aliphatic heterocycles. The highest BCUT2D eigenvalue weighted by Gasteiger charge is 2.10. The first-order chi connectivity index (χ1) is 9.08. The molecule has 1 atom stereocenters. The van der Waals surface area contributed by atoms with E-state index in [-0.39, 0.29) is 11.9 Å². The first-order valence-electron chi connectivity index (χ1n) is 6.39. The fourth-order valence-electron chi connectivity index (χ4n) is 2.27. The van der Waals surface area contributed by atoms with Gasteiger partial charge in [0, 0.05) is 12.2 Å². The van der Waals surface area contributed by atoms with E-state index in [1.807, 2.05) is 6.07 Å². The Labute approximate surface area is 113 Å². The minimum Gasteiger partial charge on any atom is -0.377 e. The van der Waals surface area contributed by atoms with Crippen LogP contribution in [0, 0.1) is 19.7 Å². The highest BCUT2D eigenvalue weighted by Crippen LogP contribution is 2.21. The van der Waals surface area contributed by atoms with E-state index in [1.165, 1.54) is 23.3 Å². The molecule has 100 valence electrons. The zero-order valence-corrected chi connectivity index (χ0v) is 11.3. The lowest BCUT2D eigenvalue weighted by Gasteiger charge is -2.19. The number of nitrogens with two attached hydrogens (primary N) is 1. The zero-order valence-electron chi connectivity index (χ0n) is 11.3. The van der Waals surface area contributed by atoms with Gasteiger partial charge in [0.05, 0.1) is 6.04 Å². The molecule has 0 amide bonds. The molecular weight excluding hydrogens is 239 g/mol. The van der Waals surface area contributed by atoms with E-state index < -0.39 is 0 Å². The van der Waals surface area contributed by atoms with Gasteiger partial charge in [-0.15, -0.1) is 0 Å². The van der Waals surface area contributed by atoms with E-state index in [1.54, 1.807) is 6.07 Å². The predicted octanol–water partition coefficient (Wildman–Crippen LogP) is 3.55. The van der Waals surface area contributed by atoms with Crippen LogP contribution in [0.3, 0.4) is 0 Å². The van der Waals surface area contributed by atoms with Crippen molar-refractivity contribution in [2.45, 2.75) is 19.9 Å². The van der Waals surface area contributed by atoms with Crippen molar-refractivity contribution in [2.75, 3.05) is 11.9 Å². The Morgan fingerprint density at radius 3 is 2.37 bits per heavy atom. The molecule has 1 unspecified atom stereocenters. The maximum absolute atomic E-state index is 13.2. The van der Waals surface area contributed by atoms with E-state index in [9.17, 15) is 4.39 Å². The molecule has 2 aromatic carbocycles. The third-order valence-electron chi connectivity index (χ3n) is 3.05. The summed E-state index contributed by atoms with van der Waals surface area (Å²) in [6.07, 6.45) is 0. The van der Waals surface area contributed by atoms with Gasteiger partial charge in [-0.25, -0.2) is 4.39 Å². The van der Waals surface area contributed by atoms with Gasteiger partial charge >= 0.3 is 0 Å². The summed E-state index contributed by atoms with van der Waals surface area (Å²) < 4.78 is 13.2. The van der Waals surface area contributed by atoms with Crippen LogP contribution in [-0.4, -0.2) is 6.54 Å². The lowest BCUT2D eigenvalue weighted by molar-refractivity contribution is 0.627.